The normalized spacial score (nSPS) is 9.73. The minimum atomic E-state index is -0.622. The highest BCUT2D eigenvalue weighted by molar-refractivity contribution is 5.88. The van der Waals surface area contributed by atoms with Crippen LogP contribution in [0, 0.1) is 0 Å². The van der Waals surface area contributed by atoms with E-state index in [1.807, 2.05) is 0 Å². The van der Waals surface area contributed by atoms with Gasteiger partial charge in [-0.05, 0) is 6.92 Å². The molecule has 1 aromatic heterocycles. The first-order valence-electron chi connectivity index (χ1n) is 4.54. The van der Waals surface area contributed by atoms with Crippen LogP contribution in [0.3, 0.4) is 0 Å². The molecule has 0 N–H and O–H groups in total. The van der Waals surface area contributed by atoms with Gasteiger partial charge in [0.05, 0.1) is 6.26 Å². The van der Waals surface area contributed by atoms with Crippen molar-refractivity contribution in [1.29, 1.82) is 0 Å². The summed E-state index contributed by atoms with van der Waals surface area (Å²) in [4.78, 5) is 22.6. The molecule has 0 saturated carbocycles. The lowest BCUT2D eigenvalue weighted by Crippen LogP contribution is -2.16. The molecule has 1 heterocycles. The summed E-state index contributed by atoms with van der Waals surface area (Å²) in [6.45, 7) is 6.74. The van der Waals surface area contributed by atoms with Crippen LogP contribution in [-0.2, 0) is 11.2 Å². The Bertz CT molecular complexity index is 442. The summed E-state index contributed by atoms with van der Waals surface area (Å²) < 4.78 is 9.95. The van der Waals surface area contributed by atoms with Gasteiger partial charge in [0.25, 0.3) is 0 Å². The standard InChI is InChI=1S/C11H12O4/c1-4-9-10(8(12)5-6-14-9)15-11(13)7(2)3/h5-6H,2,4H2,1,3H3. The van der Waals surface area contributed by atoms with Crippen LogP contribution < -0.4 is 10.2 Å². The third kappa shape index (κ3) is 2.56. The van der Waals surface area contributed by atoms with Crippen molar-refractivity contribution >= 4 is 5.97 Å². The maximum absolute atomic E-state index is 11.4. The molecule has 0 unspecified atom stereocenters. The first kappa shape index (κ1) is 11.2. The summed E-state index contributed by atoms with van der Waals surface area (Å²) in [5.41, 5.74) is -0.131. The van der Waals surface area contributed by atoms with Gasteiger partial charge in [-0.25, -0.2) is 4.79 Å². The summed E-state index contributed by atoms with van der Waals surface area (Å²) in [6.07, 6.45) is 1.76. The van der Waals surface area contributed by atoms with Crippen molar-refractivity contribution in [3.8, 4) is 5.75 Å². The van der Waals surface area contributed by atoms with E-state index in [2.05, 4.69) is 6.58 Å². The molecule has 0 saturated heterocycles. The van der Waals surface area contributed by atoms with Gasteiger partial charge in [-0.15, -0.1) is 0 Å². The SMILES string of the molecule is C=C(C)C(=O)Oc1c(CC)occc1=O. The Labute approximate surface area is 87.2 Å². The fourth-order valence-electron chi connectivity index (χ4n) is 0.975. The van der Waals surface area contributed by atoms with E-state index in [0.29, 0.717) is 12.2 Å². The van der Waals surface area contributed by atoms with Gasteiger partial charge < -0.3 is 9.15 Å². The van der Waals surface area contributed by atoms with Crippen molar-refractivity contribution < 1.29 is 13.9 Å². The van der Waals surface area contributed by atoms with Crippen LogP contribution in [-0.4, -0.2) is 5.97 Å². The molecular formula is C11H12O4. The zero-order chi connectivity index (χ0) is 11.4. The van der Waals surface area contributed by atoms with E-state index in [0.717, 1.165) is 0 Å². The van der Waals surface area contributed by atoms with E-state index in [-0.39, 0.29) is 16.8 Å². The lowest BCUT2D eigenvalue weighted by atomic mass is 10.3. The highest BCUT2D eigenvalue weighted by atomic mass is 16.5. The lowest BCUT2D eigenvalue weighted by molar-refractivity contribution is -0.130. The zero-order valence-corrected chi connectivity index (χ0v) is 8.70. The molecule has 0 aromatic carbocycles. The number of carbonyl (C=O) groups excluding carboxylic acids is 1. The van der Waals surface area contributed by atoms with Gasteiger partial charge in [0.15, 0.2) is 0 Å². The van der Waals surface area contributed by atoms with Crippen molar-refractivity contribution in [3.05, 3.63) is 40.5 Å². The van der Waals surface area contributed by atoms with Crippen LogP contribution in [0.1, 0.15) is 19.6 Å². The first-order chi connectivity index (χ1) is 7.06. The van der Waals surface area contributed by atoms with E-state index >= 15 is 0 Å². The summed E-state index contributed by atoms with van der Waals surface area (Å²) in [7, 11) is 0. The van der Waals surface area contributed by atoms with Crippen molar-refractivity contribution in [2.45, 2.75) is 20.3 Å². The number of rotatable bonds is 3. The Morgan fingerprint density at radius 1 is 1.60 bits per heavy atom. The number of aryl methyl sites for hydroxylation is 1. The number of hydrogen-bond acceptors (Lipinski definition) is 4. The first-order valence-corrected chi connectivity index (χ1v) is 4.54. The van der Waals surface area contributed by atoms with E-state index < -0.39 is 5.97 Å². The molecule has 0 aliphatic carbocycles. The van der Waals surface area contributed by atoms with Gasteiger partial charge in [-0.3, -0.25) is 4.79 Å². The fraction of sp³-hybridized carbons (Fsp3) is 0.273. The molecule has 0 bridgehead atoms. The van der Waals surface area contributed by atoms with E-state index in [1.165, 1.54) is 19.3 Å². The maximum atomic E-state index is 11.4. The average Bonchev–Trinajstić information content (AvgIpc) is 2.20. The number of esters is 1. The van der Waals surface area contributed by atoms with E-state index in [1.54, 1.807) is 6.92 Å². The molecule has 80 valence electrons. The van der Waals surface area contributed by atoms with Crippen LogP contribution >= 0.6 is 0 Å². The molecule has 4 heteroatoms. The van der Waals surface area contributed by atoms with Crippen LogP contribution in [0.15, 0.2) is 33.7 Å². The monoisotopic (exact) mass is 208 g/mol. The summed E-state index contributed by atoms with van der Waals surface area (Å²) in [5, 5.41) is 0. The van der Waals surface area contributed by atoms with Crippen molar-refractivity contribution in [2.24, 2.45) is 0 Å². The summed E-state index contributed by atoms with van der Waals surface area (Å²) in [6, 6.07) is 1.21. The minimum absolute atomic E-state index is 0.0481. The molecule has 1 aromatic rings. The van der Waals surface area contributed by atoms with Gasteiger partial charge >= 0.3 is 5.97 Å². The Kier molecular flexibility index (Phi) is 3.44. The molecule has 15 heavy (non-hydrogen) atoms. The Balaban J connectivity index is 3.08. The molecular weight excluding hydrogens is 196 g/mol. The summed E-state index contributed by atoms with van der Waals surface area (Å²) >= 11 is 0. The van der Waals surface area contributed by atoms with Crippen molar-refractivity contribution in [3.63, 3.8) is 0 Å². The molecule has 0 atom stereocenters. The second-order valence-corrected chi connectivity index (χ2v) is 3.06. The summed E-state index contributed by atoms with van der Waals surface area (Å²) in [5.74, 6) is -0.312. The van der Waals surface area contributed by atoms with Crippen LogP contribution in [0.5, 0.6) is 5.75 Å². The van der Waals surface area contributed by atoms with Gasteiger partial charge in [0.1, 0.15) is 5.76 Å². The molecule has 0 aliphatic heterocycles. The van der Waals surface area contributed by atoms with Gasteiger partial charge in [-0.2, -0.15) is 0 Å². The lowest BCUT2D eigenvalue weighted by Gasteiger charge is -2.05. The predicted molar refractivity (Wildman–Crippen MR) is 54.8 cm³/mol. The molecule has 0 radical (unpaired) electrons. The van der Waals surface area contributed by atoms with E-state index in [4.69, 9.17) is 9.15 Å². The van der Waals surface area contributed by atoms with Crippen molar-refractivity contribution in [1.82, 2.24) is 0 Å². The number of carbonyl (C=O) groups is 1. The van der Waals surface area contributed by atoms with Gasteiger partial charge in [0.2, 0.25) is 11.2 Å². The molecule has 0 aliphatic rings. The third-order valence-corrected chi connectivity index (χ3v) is 1.77. The van der Waals surface area contributed by atoms with Gasteiger partial charge in [0, 0.05) is 18.1 Å². The van der Waals surface area contributed by atoms with Crippen LogP contribution in [0.4, 0.5) is 0 Å². The second-order valence-electron chi connectivity index (χ2n) is 3.06. The quantitative estimate of drug-likeness (QED) is 0.560. The fourth-order valence-corrected chi connectivity index (χ4v) is 0.975. The molecule has 1 rings (SSSR count). The average molecular weight is 208 g/mol. The molecule has 0 spiro atoms. The highest BCUT2D eigenvalue weighted by Gasteiger charge is 2.13. The topological polar surface area (TPSA) is 56.5 Å². The van der Waals surface area contributed by atoms with Crippen LogP contribution in [0.2, 0.25) is 0 Å². The molecule has 0 fully saturated rings. The number of ether oxygens (including phenoxy) is 1. The van der Waals surface area contributed by atoms with E-state index in [9.17, 15) is 9.59 Å². The van der Waals surface area contributed by atoms with Gasteiger partial charge in [-0.1, -0.05) is 13.5 Å². The minimum Gasteiger partial charge on any atom is -0.465 e. The molecule has 0 amide bonds. The number of hydrogen-bond donors (Lipinski definition) is 0. The largest absolute Gasteiger partial charge is 0.465 e. The Morgan fingerprint density at radius 2 is 2.27 bits per heavy atom. The second kappa shape index (κ2) is 4.59. The Hall–Kier alpha value is -1.84. The highest BCUT2D eigenvalue weighted by Crippen LogP contribution is 2.14. The molecule has 4 nitrogen and oxygen atoms in total. The Morgan fingerprint density at radius 3 is 2.80 bits per heavy atom. The smallest absolute Gasteiger partial charge is 0.338 e. The zero-order valence-electron chi connectivity index (χ0n) is 8.70. The van der Waals surface area contributed by atoms with Crippen LogP contribution in [0.25, 0.3) is 0 Å². The third-order valence-electron chi connectivity index (χ3n) is 1.77. The maximum Gasteiger partial charge on any atom is 0.338 e. The predicted octanol–water partition coefficient (Wildman–Crippen LogP) is 1.68. The van der Waals surface area contributed by atoms with Crippen molar-refractivity contribution in [2.75, 3.05) is 0 Å².